The first-order valence-corrected chi connectivity index (χ1v) is 17.1. The first-order valence-electron chi connectivity index (χ1n) is 15.1. The molecule has 0 bridgehead atoms. The highest BCUT2D eigenvalue weighted by atomic mass is 35.5. The number of sulfone groups is 1. The molecule has 1 N–H and O–H groups in total. The van der Waals surface area contributed by atoms with Crippen molar-refractivity contribution in [1.82, 2.24) is 19.9 Å². The van der Waals surface area contributed by atoms with Gasteiger partial charge in [-0.25, -0.2) is 27.8 Å². The molecular weight excluding hydrogens is 657 g/mol. The van der Waals surface area contributed by atoms with Gasteiger partial charge in [-0.3, -0.25) is 0 Å². The highest BCUT2D eigenvalue weighted by Crippen LogP contribution is 2.43. The van der Waals surface area contributed by atoms with Gasteiger partial charge in [0.05, 0.1) is 29.7 Å². The van der Waals surface area contributed by atoms with Crippen LogP contribution >= 0.6 is 11.6 Å². The zero-order valence-electron chi connectivity index (χ0n) is 26.3. The van der Waals surface area contributed by atoms with Gasteiger partial charge in [-0.2, -0.15) is 0 Å². The minimum absolute atomic E-state index is 0.0513. The van der Waals surface area contributed by atoms with Crippen molar-refractivity contribution in [3.8, 4) is 11.5 Å². The van der Waals surface area contributed by atoms with E-state index in [9.17, 15) is 12.8 Å². The van der Waals surface area contributed by atoms with Crippen LogP contribution in [0.2, 0.25) is 5.02 Å². The molecule has 0 aliphatic carbocycles. The largest absolute Gasteiger partial charge is 0.496 e. The third-order valence-electron chi connectivity index (χ3n) is 7.99. The Morgan fingerprint density at radius 3 is 2.65 bits per heavy atom. The van der Waals surface area contributed by atoms with Crippen molar-refractivity contribution in [1.29, 1.82) is 0 Å². The maximum atomic E-state index is 13.6. The Kier molecular flexibility index (Phi) is 9.76. The fraction of sp³-hybridized carbons (Fsp3) is 0.229. The number of hydrogen-bond acceptors (Lipinski definition) is 10. The number of nitrogens with one attached hydrogen (secondary N) is 1. The second-order valence-electron chi connectivity index (χ2n) is 11.4. The Morgan fingerprint density at radius 2 is 1.92 bits per heavy atom. The predicted octanol–water partition coefficient (Wildman–Crippen LogP) is 6.68. The molecule has 3 aromatic carbocycles. The zero-order valence-corrected chi connectivity index (χ0v) is 27.8. The van der Waals surface area contributed by atoms with Crippen LogP contribution in [0.5, 0.6) is 11.5 Å². The molecule has 248 valence electrons. The molecule has 0 saturated heterocycles. The molecule has 6 rings (SSSR count). The number of methoxy groups -OCH3 is 1. The number of rotatable bonds is 13. The fourth-order valence-electron chi connectivity index (χ4n) is 5.58. The number of likely N-dealkylation sites (N-methyl/N-ethyl adjacent to an activating group) is 1. The summed E-state index contributed by atoms with van der Waals surface area (Å²) in [6.45, 7) is 0.806. The molecule has 0 radical (unpaired) electrons. The van der Waals surface area contributed by atoms with Gasteiger partial charge in [0.1, 0.15) is 36.1 Å². The lowest BCUT2D eigenvalue weighted by molar-refractivity contribution is 0.0104. The summed E-state index contributed by atoms with van der Waals surface area (Å²) in [7, 11) is -0.119. The van der Waals surface area contributed by atoms with Crippen molar-refractivity contribution >= 4 is 43.8 Å². The molecule has 0 fully saturated rings. The third-order valence-corrected chi connectivity index (χ3v) is 9.88. The SMILES string of the molecule is COc1cc2ncnc(Nc3ccc(OCc4cccc(F)c4)c(Cl)c3)c2cc1C1(CN(C)CCS(=O)(=O)c2ccccn2)CC=CO1. The molecule has 3 heterocycles. The Hall–Kier alpha value is -4.78. The number of anilines is 2. The van der Waals surface area contributed by atoms with Crippen molar-refractivity contribution in [3.05, 3.63) is 120 Å². The molecule has 0 amide bonds. The van der Waals surface area contributed by atoms with Gasteiger partial charge in [0.25, 0.3) is 0 Å². The topological polar surface area (TPSA) is 116 Å². The Labute approximate surface area is 283 Å². The monoisotopic (exact) mass is 689 g/mol. The fourth-order valence-corrected chi connectivity index (χ4v) is 7.08. The smallest absolute Gasteiger partial charge is 0.196 e. The van der Waals surface area contributed by atoms with Crippen LogP contribution in [0.15, 0.2) is 103 Å². The highest BCUT2D eigenvalue weighted by molar-refractivity contribution is 7.91. The Bertz CT molecular complexity index is 2060. The van der Waals surface area contributed by atoms with E-state index in [4.69, 9.17) is 25.8 Å². The number of ether oxygens (including phenoxy) is 3. The van der Waals surface area contributed by atoms with Gasteiger partial charge in [0.15, 0.2) is 20.5 Å². The van der Waals surface area contributed by atoms with Gasteiger partial charge in [-0.05, 0) is 67.2 Å². The summed E-state index contributed by atoms with van der Waals surface area (Å²) in [5, 5.41) is 4.47. The molecule has 10 nitrogen and oxygen atoms in total. The number of halogens is 2. The molecular formula is C35H33ClFN5O5S. The number of aromatic nitrogens is 3. The summed E-state index contributed by atoms with van der Waals surface area (Å²) in [6, 6.07) is 20.1. The summed E-state index contributed by atoms with van der Waals surface area (Å²) >= 11 is 6.56. The number of nitrogens with zero attached hydrogens (tertiary/aromatic N) is 4. The van der Waals surface area contributed by atoms with Crippen molar-refractivity contribution in [2.75, 3.05) is 38.3 Å². The van der Waals surface area contributed by atoms with E-state index in [0.717, 1.165) is 5.56 Å². The van der Waals surface area contributed by atoms with Crippen LogP contribution in [-0.2, 0) is 26.8 Å². The van der Waals surface area contributed by atoms with Crippen molar-refractivity contribution in [3.63, 3.8) is 0 Å². The Morgan fingerprint density at radius 1 is 1.04 bits per heavy atom. The molecule has 1 atom stereocenters. The maximum absolute atomic E-state index is 13.6. The lowest BCUT2D eigenvalue weighted by Crippen LogP contribution is -2.41. The average molecular weight is 690 g/mol. The number of benzene rings is 3. The number of hydrogen-bond donors (Lipinski definition) is 1. The molecule has 0 saturated carbocycles. The van der Waals surface area contributed by atoms with Crippen LogP contribution in [0.4, 0.5) is 15.9 Å². The van der Waals surface area contributed by atoms with Crippen molar-refractivity contribution in [2.24, 2.45) is 0 Å². The van der Waals surface area contributed by atoms with Gasteiger partial charge in [-0.1, -0.05) is 29.8 Å². The molecule has 13 heteroatoms. The van der Waals surface area contributed by atoms with Gasteiger partial charge >= 0.3 is 0 Å². The third kappa shape index (κ3) is 7.35. The van der Waals surface area contributed by atoms with E-state index < -0.39 is 15.4 Å². The van der Waals surface area contributed by atoms with E-state index in [0.29, 0.717) is 57.5 Å². The van der Waals surface area contributed by atoms with Crippen LogP contribution < -0.4 is 14.8 Å². The summed E-state index contributed by atoms with van der Waals surface area (Å²) in [6.07, 6.45) is 7.06. The number of fused-ring (bicyclic) bond motifs is 1. The average Bonchev–Trinajstić information content (AvgIpc) is 3.56. The van der Waals surface area contributed by atoms with Crippen LogP contribution in [0.3, 0.4) is 0 Å². The molecule has 1 aliphatic heterocycles. The standard InChI is InChI=1S/C35H33ClFN5O5S/c1-42(14-16-48(43,44)33-9-3-4-13-38-33)22-35(12-6-15-47-35)28-19-27-30(20-32(28)45-2)39-23-40-34(27)41-26-10-11-31(29(36)18-26)46-21-24-7-5-8-25(37)17-24/h3-11,13,15,17-20,23H,12,14,16,21-22H2,1-2H3,(H,39,40,41). The normalized spacial score (nSPS) is 15.9. The quantitative estimate of drug-likeness (QED) is 0.143. The minimum atomic E-state index is -3.56. The first-order chi connectivity index (χ1) is 23.2. The predicted molar refractivity (Wildman–Crippen MR) is 182 cm³/mol. The van der Waals surface area contributed by atoms with E-state index in [1.54, 1.807) is 49.8 Å². The highest BCUT2D eigenvalue weighted by Gasteiger charge is 2.40. The first kappa shape index (κ1) is 33.1. The van der Waals surface area contributed by atoms with Gasteiger partial charge in [0, 0.05) is 48.4 Å². The van der Waals surface area contributed by atoms with E-state index >= 15 is 0 Å². The molecule has 5 aromatic rings. The summed E-state index contributed by atoms with van der Waals surface area (Å²) in [4.78, 5) is 14.9. The van der Waals surface area contributed by atoms with E-state index in [-0.39, 0.29) is 29.7 Å². The van der Waals surface area contributed by atoms with Gasteiger partial charge < -0.3 is 24.4 Å². The summed E-state index contributed by atoms with van der Waals surface area (Å²) in [5.41, 5.74) is 1.90. The zero-order chi connectivity index (χ0) is 33.7. The molecule has 0 spiro atoms. The minimum Gasteiger partial charge on any atom is -0.496 e. The molecule has 1 unspecified atom stereocenters. The van der Waals surface area contributed by atoms with E-state index in [1.807, 2.05) is 36.2 Å². The van der Waals surface area contributed by atoms with Crippen molar-refractivity contribution in [2.45, 2.75) is 23.7 Å². The lowest BCUT2D eigenvalue weighted by Gasteiger charge is -2.34. The Balaban J connectivity index is 1.24. The molecule has 1 aliphatic rings. The van der Waals surface area contributed by atoms with Crippen LogP contribution in [0, 0.1) is 5.82 Å². The van der Waals surface area contributed by atoms with Gasteiger partial charge in [-0.15, -0.1) is 0 Å². The van der Waals surface area contributed by atoms with Crippen molar-refractivity contribution < 1.29 is 27.0 Å². The molecule has 2 aromatic heterocycles. The summed E-state index contributed by atoms with van der Waals surface area (Å²) in [5.74, 6) is 1.13. The number of pyridine rings is 1. The molecule has 48 heavy (non-hydrogen) atoms. The lowest BCUT2D eigenvalue weighted by atomic mass is 9.88. The van der Waals surface area contributed by atoms with Gasteiger partial charge in [0.2, 0.25) is 0 Å². The van der Waals surface area contributed by atoms with Crippen LogP contribution in [-0.4, -0.2) is 61.3 Å². The van der Waals surface area contributed by atoms with Crippen LogP contribution in [0.1, 0.15) is 17.5 Å². The summed E-state index contributed by atoms with van der Waals surface area (Å²) < 4.78 is 57.3. The second-order valence-corrected chi connectivity index (χ2v) is 13.9. The van der Waals surface area contributed by atoms with Crippen LogP contribution in [0.25, 0.3) is 10.9 Å². The maximum Gasteiger partial charge on any atom is 0.196 e. The second kappa shape index (κ2) is 14.1. The van der Waals surface area contributed by atoms with E-state index in [1.165, 1.54) is 30.7 Å². The van der Waals surface area contributed by atoms with E-state index in [2.05, 4.69) is 20.3 Å².